The second kappa shape index (κ2) is 5.31. The number of carbonyl (C=O) groups is 1. The van der Waals surface area contributed by atoms with Gasteiger partial charge in [-0.1, -0.05) is 20.8 Å². The van der Waals surface area contributed by atoms with Crippen LogP contribution in [0, 0.1) is 5.92 Å². The van der Waals surface area contributed by atoms with Gasteiger partial charge < -0.3 is 0 Å². The van der Waals surface area contributed by atoms with E-state index in [9.17, 15) is 4.79 Å². The summed E-state index contributed by atoms with van der Waals surface area (Å²) < 4.78 is 0. The number of hydrogen-bond acceptors (Lipinski definition) is 2. The molecule has 2 heteroatoms. The van der Waals surface area contributed by atoms with E-state index in [1.54, 1.807) is 6.92 Å². The second-order valence-corrected chi connectivity index (χ2v) is 3.87. The van der Waals surface area contributed by atoms with Crippen molar-refractivity contribution in [1.82, 2.24) is 4.90 Å². The molecule has 0 radical (unpaired) electrons. The van der Waals surface area contributed by atoms with Gasteiger partial charge in [-0.3, -0.25) is 9.69 Å². The average Bonchev–Trinajstić information content (AvgIpc) is 1.85. The van der Waals surface area contributed by atoms with Crippen molar-refractivity contribution in [3.8, 4) is 0 Å². The van der Waals surface area contributed by atoms with Crippen molar-refractivity contribution in [3.05, 3.63) is 0 Å². The summed E-state index contributed by atoms with van der Waals surface area (Å²) in [5.74, 6) is 0.907. The molecule has 0 unspecified atom stereocenters. The molecule has 0 spiro atoms. The van der Waals surface area contributed by atoms with E-state index in [4.69, 9.17) is 0 Å². The lowest BCUT2D eigenvalue weighted by atomic mass is 10.1. The molecule has 0 aromatic rings. The van der Waals surface area contributed by atoms with Crippen LogP contribution in [0.15, 0.2) is 0 Å². The fourth-order valence-corrected chi connectivity index (χ4v) is 1.61. The molecular formula is C10H21NO. The van der Waals surface area contributed by atoms with Crippen LogP contribution in [-0.2, 0) is 4.79 Å². The first kappa shape index (κ1) is 11.6. The number of carbonyl (C=O) groups excluding carboxylic acids is 1. The first-order valence-corrected chi connectivity index (χ1v) is 4.69. The SMILES string of the molecule is CC[C@@H](C(C)=O)N(C)CC(C)C. The molecule has 0 aliphatic heterocycles. The molecule has 0 rings (SSSR count). The topological polar surface area (TPSA) is 20.3 Å². The average molecular weight is 171 g/mol. The summed E-state index contributed by atoms with van der Waals surface area (Å²) in [7, 11) is 2.02. The Morgan fingerprint density at radius 2 is 1.92 bits per heavy atom. The minimum Gasteiger partial charge on any atom is -0.298 e. The van der Waals surface area contributed by atoms with Crippen LogP contribution >= 0.6 is 0 Å². The first-order chi connectivity index (χ1) is 5.49. The standard InChI is InChI=1S/C10H21NO/c1-6-10(9(4)12)11(5)7-8(2)3/h8,10H,6-7H2,1-5H3/t10-/m0/s1. The van der Waals surface area contributed by atoms with Crippen LogP contribution < -0.4 is 0 Å². The van der Waals surface area contributed by atoms with E-state index in [-0.39, 0.29) is 11.8 Å². The zero-order valence-electron chi connectivity index (χ0n) is 8.92. The lowest BCUT2D eigenvalue weighted by Crippen LogP contribution is -2.38. The van der Waals surface area contributed by atoms with Gasteiger partial charge in [-0.15, -0.1) is 0 Å². The predicted octanol–water partition coefficient (Wildman–Crippen LogP) is 1.94. The molecule has 1 atom stereocenters. The highest BCUT2D eigenvalue weighted by Crippen LogP contribution is 2.05. The summed E-state index contributed by atoms with van der Waals surface area (Å²) in [6, 6.07) is 0.118. The van der Waals surface area contributed by atoms with Crippen LogP contribution in [0.2, 0.25) is 0 Å². The highest BCUT2D eigenvalue weighted by atomic mass is 16.1. The van der Waals surface area contributed by atoms with Crippen molar-refractivity contribution in [2.45, 2.75) is 40.2 Å². The van der Waals surface area contributed by atoms with Crippen LogP contribution in [0.3, 0.4) is 0 Å². The molecule has 2 nitrogen and oxygen atoms in total. The molecule has 0 saturated heterocycles. The van der Waals surface area contributed by atoms with Gasteiger partial charge in [0.05, 0.1) is 6.04 Å². The van der Waals surface area contributed by atoms with Crippen LogP contribution in [-0.4, -0.2) is 30.3 Å². The van der Waals surface area contributed by atoms with Crippen molar-refractivity contribution < 1.29 is 4.79 Å². The third kappa shape index (κ3) is 3.86. The largest absolute Gasteiger partial charge is 0.298 e. The van der Waals surface area contributed by atoms with E-state index in [0.717, 1.165) is 13.0 Å². The van der Waals surface area contributed by atoms with Crippen molar-refractivity contribution in [3.63, 3.8) is 0 Å². The maximum Gasteiger partial charge on any atom is 0.146 e. The van der Waals surface area contributed by atoms with Gasteiger partial charge in [0.15, 0.2) is 0 Å². The zero-order valence-corrected chi connectivity index (χ0v) is 8.92. The van der Waals surface area contributed by atoms with Crippen LogP contribution in [0.1, 0.15) is 34.1 Å². The molecule has 0 aromatic carbocycles. The van der Waals surface area contributed by atoms with Gasteiger partial charge in [-0.2, -0.15) is 0 Å². The van der Waals surface area contributed by atoms with E-state index in [1.165, 1.54) is 0 Å². The van der Waals surface area contributed by atoms with Crippen molar-refractivity contribution in [2.24, 2.45) is 5.92 Å². The summed E-state index contributed by atoms with van der Waals surface area (Å²) in [5.41, 5.74) is 0. The van der Waals surface area contributed by atoms with Gasteiger partial charge in [-0.25, -0.2) is 0 Å². The molecule has 0 amide bonds. The van der Waals surface area contributed by atoms with Gasteiger partial charge in [0.2, 0.25) is 0 Å². The molecule has 12 heavy (non-hydrogen) atoms. The van der Waals surface area contributed by atoms with Crippen LogP contribution in [0.5, 0.6) is 0 Å². The molecule has 0 bridgehead atoms. The number of nitrogens with zero attached hydrogens (tertiary/aromatic N) is 1. The summed E-state index contributed by atoms with van der Waals surface area (Å²) in [5, 5.41) is 0. The zero-order chi connectivity index (χ0) is 9.72. The molecule has 0 N–H and O–H groups in total. The Labute approximate surface area is 75.9 Å². The minimum absolute atomic E-state index is 0.118. The van der Waals surface area contributed by atoms with E-state index in [1.807, 2.05) is 7.05 Å². The molecule has 0 fully saturated rings. The van der Waals surface area contributed by atoms with E-state index in [2.05, 4.69) is 25.7 Å². The summed E-state index contributed by atoms with van der Waals surface area (Å²) >= 11 is 0. The Kier molecular flexibility index (Phi) is 5.14. The Morgan fingerprint density at radius 3 is 2.17 bits per heavy atom. The molecule has 0 saturated carbocycles. The maximum absolute atomic E-state index is 11.2. The smallest absolute Gasteiger partial charge is 0.146 e. The molecule has 0 aliphatic rings. The molecule has 72 valence electrons. The Hall–Kier alpha value is -0.370. The van der Waals surface area contributed by atoms with E-state index >= 15 is 0 Å². The van der Waals surface area contributed by atoms with Gasteiger partial charge in [0, 0.05) is 6.54 Å². The molecule has 0 heterocycles. The predicted molar refractivity (Wildman–Crippen MR) is 52.2 cm³/mol. The van der Waals surface area contributed by atoms with Crippen LogP contribution in [0.25, 0.3) is 0 Å². The van der Waals surface area contributed by atoms with Gasteiger partial charge in [-0.05, 0) is 26.3 Å². The quantitative estimate of drug-likeness (QED) is 0.630. The van der Waals surface area contributed by atoms with Gasteiger partial charge in [0.25, 0.3) is 0 Å². The normalized spacial score (nSPS) is 13.9. The summed E-state index contributed by atoms with van der Waals surface area (Å²) in [4.78, 5) is 13.3. The van der Waals surface area contributed by atoms with Gasteiger partial charge >= 0.3 is 0 Å². The number of likely N-dealkylation sites (N-methyl/N-ethyl adjacent to an activating group) is 1. The fraction of sp³-hybridized carbons (Fsp3) is 0.900. The van der Waals surface area contributed by atoms with Crippen molar-refractivity contribution in [1.29, 1.82) is 0 Å². The number of Topliss-reactive ketones (excluding diaryl/α,β-unsaturated/α-hetero) is 1. The van der Waals surface area contributed by atoms with Crippen molar-refractivity contribution in [2.75, 3.05) is 13.6 Å². The number of ketones is 1. The molecule has 0 aromatic heterocycles. The Bertz CT molecular complexity index is 143. The lowest BCUT2D eigenvalue weighted by molar-refractivity contribution is -0.121. The first-order valence-electron chi connectivity index (χ1n) is 4.69. The van der Waals surface area contributed by atoms with Gasteiger partial charge in [0.1, 0.15) is 5.78 Å². The summed E-state index contributed by atoms with van der Waals surface area (Å²) in [6.45, 7) is 9.07. The number of rotatable bonds is 5. The maximum atomic E-state index is 11.2. The Morgan fingerprint density at radius 1 is 1.42 bits per heavy atom. The monoisotopic (exact) mass is 171 g/mol. The fourth-order valence-electron chi connectivity index (χ4n) is 1.61. The number of hydrogen-bond donors (Lipinski definition) is 0. The third-order valence-corrected chi connectivity index (χ3v) is 2.04. The third-order valence-electron chi connectivity index (χ3n) is 2.04. The highest BCUT2D eigenvalue weighted by molar-refractivity contribution is 5.81. The van der Waals surface area contributed by atoms with Crippen LogP contribution in [0.4, 0.5) is 0 Å². The molecular weight excluding hydrogens is 150 g/mol. The van der Waals surface area contributed by atoms with E-state index in [0.29, 0.717) is 5.92 Å². The lowest BCUT2D eigenvalue weighted by Gasteiger charge is -2.26. The van der Waals surface area contributed by atoms with E-state index < -0.39 is 0 Å². The minimum atomic E-state index is 0.118. The Balaban J connectivity index is 4.02. The summed E-state index contributed by atoms with van der Waals surface area (Å²) in [6.07, 6.45) is 0.915. The molecule has 0 aliphatic carbocycles. The van der Waals surface area contributed by atoms with Crippen molar-refractivity contribution >= 4 is 5.78 Å². The second-order valence-electron chi connectivity index (χ2n) is 3.87. The highest BCUT2D eigenvalue weighted by Gasteiger charge is 2.17.